The number of anilines is 3. The predicted octanol–water partition coefficient (Wildman–Crippen LogP) is 13.0. The van der Waals surface area contributed by atoms with E-state index in [9.17, 15) is 0 Å². The van der Waals surface area contributed by atoms with Gasteiger partial charge in [-0.05, 0) is 90.0 Å². The van der Waals surface area contributed by atoms with E-state index in [4.69, 9.17) is 0 Å². The highest BCUT2D eigenvalue weighted by Gasteiger charge is 2.21. The molecule has 0 amide bonds. The molecule has 0 radical (unpaired) electrons. The Morgan fingerprint density at radius 1 is 0.314 bits per heavy atom. The number of aromatic nitrogens is 2. The number of fused-ring (bicyclic) bond motifs is 6. The van der Waals surface area contributed by atoms with E-state index in [0.29, 0.717) is 0 Å². The Labute approximate surface area is 296 Å². The van der Waals surface area contributed by atoms with Crippen LogP contribution < -0.4 is 4.90 Å². The number of benzene rings is 8. The van der Waals surface area contributed by atoms with Crippen LogP contribution in [0.5, 0.6) is 0 Å². The Kier molecular flexibility index (Phi) is 6.81. The van der Waals surface area contributed by atoms with Crippen LogP contribution in [0.25, 0.3) is 66.1 Å². The van der Waals surface area contributed by atoms with E-state index in [-0.39, 0.29) is 0 Å². The molecule has 0 unspecified atom stereocenters. The van der Waals surface area contributed by atoms with Crippen molar-refractivity contribution in [2.75, 3.05) is 4.90 Å². The molecule has 2 aromatic heterocycles. The van der Waals surface area contributed by atoms with E-state index in [2.05, 4.69) is 214 Å². The first-order valence-electron chi connectivity index (χ1n) is 17.5. The summed E-state index contributed by atoms with van der Waals surface area (Å²) in [6, 6.07) is 72.2. The molecule has 0 aliphatic heterocycles. The van der Waals surface area contributed by atoms with Crippen LogP contribution in [0.2, 0.25) is 0 Å². The van der Waals surface area contributed by atoms with E-state index in [1.807, 2.05) is 0 Å². The first-order chi connectivity index (χ1) is 25.3. The molecule has 240 valence electrons. The lowest BCUT2D eigenvalue weighted by molar-refractivity contribution is 1.17. The van der Waals surface area contributed by atoms with Gasteiger partial charge in [-0.1, -0.05) is 121 Å². The molecule has 0 aliphatic rings. The van der Waals surface area contributed by atoms with Crippen molar-refractivity contribution >= 4 is 60.7 Å². The van der Waals surface area contributed by atoms with Crippen LogP contribution in [-0.2, 0) is 0 Å². The van der Waals surface area contributed by atoms with Gasteiger partial charge in [0.2, 0.25) is 0 Å². The zero-order valence-electron chi connectivity index (χ0n) is 27.9. The van der Waals surface area contributed by atoms with Gasteiger partial charge in [0.1, 0.15) is 0 Å². The summed E-state index contributed by atoms with van der Waals surface area (Å²) in [4.78, 5) is 2.37. The van der Waals surface area contributed by atoms with Crippen molar-refractivity contribution < 1.29 is 0 Å². The van der Waals surface area contributed by atoms with Crippen LogP contribution in [-0.4, -0.2) is 9.13 Å². The van der Waals surface area contributed by atoms with Gasteiger partial charge in [0.05, 0.1) is 22.1 Å². The number of para-hydroxylation sites is 6. The molecule has 0 aliphatic carbocycles. The molecule has 0 fully saturated rings. The number of rotatable bonds is 6. The average Bonchev–Trinajstić information content (AvgIpc) is 3.72. The molecule has 3 nitrogen and oxygen atoms in total. The maximum absolute atomic E-state index is 2.43. The van der Waals surface area contributed by atoms with Crippen LogP contribution in [0, 0.1) is 0 Å². The summed E-state index contributed by atoms with van der Waals surface area (Å²) >= 11 is 0. The zero-order valence-corrected chi connectivity index (χ0v) is 27.9. The van der Waals surface area contributed by atoms with E-state index >= 15 is 0 Å². The van der Waals surface area contributed by atoms with Gasteiger partial charge in [-0.25, -0.2) is 0 Å². The fourth-order valence-corrected chi connectivity index (χ4v) is 7.93. The lowest BCUT2D eigenvalue weighted by Crippen LogP contribution is -2.10. The molecule has 0 N–H and O–H groups in total. The van der Waals surface area contributed by atoms with Crippen LogP contribution in [0.4, 0.5) is 17.1 Å². The molecule has 0 spiro atoms. The molecule has 10 aromatic rings. The number of nitrogens with zero attached hydrogens (tertiary/aromatic N) is 3. The Morgan fingerprint density at radius 3 is 1.39 bits per heavy atom. The lowest BCUT2D eigenvalue weighted by Gasteiger charge is -2.27. The van der Waals surface area contributed by atoms with Crippen molar-refractivity contribution in [3.05, 3.63) is 200 Å². The predicted molar refractivity (Wildman–Crippen MR) is 215 cm³/mol. The Bertz CT molecular complexity index is 2750. The molecule has 0 atom stereocenters. The molecule has 51 heavy (non-hydrogen) atoms. The van der Waals surface area contributed by atoms with Gasteiger partial charge in [0, 0.05) is 50.0 Å². The highest BCUT2D eigenvalue weighted by molar-refractivity contribution is 6.16. The third-order valence-electron chi connectivity index (χ3n) is 10.1. The molecule has 0 saturated carbocycles. The van der Waals surface area contributed by atoms with Crippen molar-refractivity contribution in [3.63, 3.8) is 0 Å². The van der Waals surface area contributed by atoms with Crippen molar-refractivity contribution in [2.45, 2.75) is 0 Å². The molecule has 0 bridgehead atoms. The van der Waals surface area contributed by atoms with Gasteiger partial charge < -0.3 is 14.0 Å². The van der Waals surface area contributed by atoms with Crippen molar-refractivity contribution in [2.24, 2.45) is 0 Å². The summed E-state index contributed by atoms with van der Waals surface area (Å²) in [6.45, 7) is 0. The standard InChI is InChI=1S/C48H33N3/c1-4-17-35(18-5-1)49(36-19-6-2-7-20-36)38-31-34(32-39(33-38)51-44-27-13-10-23-41(44)42-24-11-14-28-45(42)51)40-26-16-30-47-48(40)43-25-12-15-29-46(43)50(47)37-21-8-3-9-22-37/h1-33H. The minimum Gasteiger partial charge on any atom is -0.310 e. The Hall–Kier alpha value is -6.84. The van der Waals surface area contributed by atoms with E-state index in [0.717, 1.165) is 34.0 Å². The van der Waals surface area contributed by atoms with Gasteiger partial charge >= 0.3 is 0 Å². The minimum absolute atomic E-state index is 1.09. The van der Waals surface area contributed by atoms with E-state index in [1.165, 1.54) is 49.2 Å². The lowest BCUT2D eigenvalue weighted by atomic mass is 9.97. The summed E-state index contributed by atoms with van der Waals surface area (Å²) in [5.74, 6) is 0. The molecule has 10 rings (SSSR count). The van der Waals surface area contributed by atoms with Gasteiger partial charge in [-0.15, -0.1) is 0 Å². The van der Waals surface area contributed by atoms with E-state index < -0.39 is 0 Å². The second kappa shape index (κ2) is 11.9. The van der Waals surface area contributed by atoms with Crippen LogP contribution in [0.1, 0.15) is 0 Å². The van der Waals surface area contributed by atoms with Gasteiger partial charge in [0.25, 0.3) is 0 Å². The first kappa shape index (κ1) is 29.1. The average molecular weight is 652 g/mol. The zero-order chi connectivity index (χ0) is 33.7. The summed E-state index contributed by atoms with van der Waals surface area (Å²) in [6.07, 6.45) is 0. The van der Waals surface area contributed by atoms with Crippen molar-refractivity contribution in [3.8, 4) is 22.5 Å². The quantitative estimate of drug-likeness (QED) is 0.174. The Morgan fingerprint density at radius 2 is 0.784 bits per heavy atom. The number of hydrogen-bond acceptors (Lipinski definition) is 1. The maximum atomic E-state index is 2.43. The fraction of sp³-hybridized carbons (Fsp3) is 0. The summed E-state index contributed by atoms with van der Waals surface area (Å²) in [7, 11) is 0. The van der Waals surface area contributed by atoms with Gasteiger partial charge in [-0.3, -0.25) is 0 Å². The molecular weight excluding hydrogens is 619 g/mol. The SMILES string of the molecule is c1ccc(N(c2ccccc2)c2cc(-c3cccc4c3c3ccccc3n4-c3ccccc3)cc(-n3c4ccccc4c4ccccc43)c2)cc1. The van der Waals surface area contributed by atoms with Crippen LogP contribution in [0.15, 0.2) is 200 Å². The van der Waals surface area contributed by atoms with Gasteiger partial charge in [-0.2, -0.15) is 0 Å². The molecule has 0 saturated heterocycles. The minimum atomic E-state index is 1.09. The smallest absolute Gasteiger partial charge is 0.0547 e. The largest absolute Gasteiger partial charge is 0.310 e. The summed E-state index contributed by atoms with van der Waals surface area (Å²) < 4.78 is 4.82. The normalized spacial score (nSPS) is 11.5. The summed E-state index contributed by atoms with van der Waals surface area (Å²) in [5, 5.41) is 4.97. The summed E-state index contributed by atoms with van der Waals surface area (Å²) in [5.41, 5.74) is 12.7. The second-order valence-corrected chi connectivity index (χ2v) is 13.0. The highest BCUT2D eigenvalue weighted by Crippen LogP contribution is 2.43. The number of hydrogen-bond donors (Lipinski definition) is 0. The molecule has 2 heterocycles. The van der Waals surface area contributed by atoms with Crippen LogP contribution >= 0.6 is 0 Å². The monoisotopic (exact) mass is 651 g/mol. The van der Waals surface area contributed by atoms with Crippen molar-refractivity contribution in [1.82, 2.24) is 9.13 Å². The topological polar surface area (TPSA) is 13.1 Å². The van der Waals surface area contributed by atoms with E-state index in [1.54, 1.807) is 0 Å². The maximum Gasteiger partial charge on any atom is 0.0547 e. The highest BCUT2D eigenvalue weighted by atomic mass is 15.1. The Balaban J connectivity index is 1.32. The molecular formula is C48H33N3. The second-order valence-electron chi connectivity index (χ2n) is 13.0. The van der Waals surface area contributed by atoms with Crippen LogP contribution in [0.3, 0.4) is 0 Å². The first-order valence-corrected chi connectivity index (χ1v) is 17.5. The molecule has 3 heteroatoms. The van der Waals surface area contributed by atoms with Gasteiger partial charge in [0.15, 0.2) is 0 Å². The third kappa shape index (κ3) is 4.74. The molecule has 8 aromatic carbocycles. The third-order valence-corrected chi connectivity index (χ3v) is 10.1. The van der Waals surface area contributed by atoms with Crippen molar-refractivity contribution in [1.29, 1.82) is 0 Å². The fourth-order valence-electron chi connectivity index (χ4n) is 7.93.